The summed E-state index contributed by atoms with van der Waals surface area (Å²) in [5.74, 6) is -1.32. The van der Waals surface area contributed by atoms with E-state index in [2.05, 4.69) is 35.8 Å². The van der Waals surface area contributed by atoms with Crippen molar-refractivity contribution < 1.29 is 19.1 Å². The Morgan fingerprint density at radius 1 is 1.33 bits per heavy atom. The minimum atomic E-state index is -0.665. The molecule has 0 bridgehead atoms. The van der Waals surface area contributed by atoms with Gasteiger partial charge in [0.1, 0.15) is 5.70 Å². The average molecular weight is 394 g/mol. The summed E-state index contributed by atoms with van der Waals surface area (Å²) < 4.78 is 11.9. The summed E-state index contributed by atoms with van der Waals surface area (Å²) in [5, 5.41) is 7.07. The van der Waals surface area contributed by atoms with Gasteiger partial charge >= 0.3 is 11.9 Å². The standard InChI is InChI=1S/C16H16BrN3O4/c1-23-15(21)7-14(16(22)24-2)19-13-5-3-4-11(6-13)9-20-10-12(17)8-18-20/h3-8,10,19H,9H2,1-2H3/b14-7+. The molecule has 0 aliphatic carbocycles. The maximum absolute atomic E-state index is 11.8. The number of anilines is 1. The summed E-state index contributed by atoms with van der Waals surface area (Å²) in [6, 6.07) is 7.39. The Hall–Kier alpha value is -2.61. The van der Waals surface area contributed by atoms with Crippen molar-refractivity contribution in [2.24, 2.45) is 0 Å². The van der Waals surface area contributed by atoms with Gasteiger partial charge in [-0.2, -0.15) is 5.10 Å². The molecule has 7 nitrogen and oxygen atoms in total. The van der Waals surface area contributed by atoms with Crippen LogP contribution in [0.5, 0.6) is 0 Å². The maximum atomic E-state index is 11.8. The molecule has 0 amide bonds. The van der Waals surface area contributed by atoms with Crippen LogP contribution in [-0.4, -0.2) is 35.9 Å². The highest BCUT2D eigenvalue weighted by Crippen LogP contribution is 2.16. The highest BCUT2D eigenvalue weighted by molar-refractivity contribution is 9.10. The van der Waals surface area contributed by atoms with Crippen molar-refractivity contribution in [3.05, 3.63) is 58.5 Å². The van der Waals surface area contributed by atoms with Crippen molar-refractivity contribution in [1.29, 1.82) is 0 Å². The van der Waals surface area contributed by atoms with Crippen LogP contribution >= 0.6 is 15.9 Å². The molecule has 126 valence electrons. The van der Waals surface area contributed by atoms with Gasteiger partial charge in [-0.25, -0.2) is 9.59 Å². The molecule has 1 heterocycles. The number of carbonyl (C=O) groups excluding carboxylic acids is 2. The van der Waals surface area contributed by atoms with Crippen molar-refractivity contribution in [2.45, 2.75) is 6.54 Å². The van der Waals surface area contributed by atoms with E-state index in [-0.39, 0.29) is 5.70 Å². The molecular weight excluding hydrogens is 378 g/mol. The highest BCUT2D eigenvalue weighted by Gasteiger charge is 2.13. The molecule has 1 aromatic heterocycles. The maximum Gasteiger partial charge on any atom is 0.354 e. The van der Waals surface area contributed by atoms with Crippen molar-refractivity contribution in [3.63, 3.8) is 0 Å². The predicted molar refractivity (Wildman–Crippen MR) is 91.2 cm³/mol. The Morgan fingerprint density at radius 2 is 2.12 bits per heavy atom. The molecule has 0 aliphatic heterocycles. The number of halogens is 1. The molecule has 2 aromatic rings. The van der Waals surface area contributed by atoms with Gasteiger partial charge in [-0.05, 0) is 33.6 Å². The molecule has 0 atom stereocenters. The number of methoxy groups -OCH3 is 2. The second kappa shape index (κ2) is 8.30. The van der Waals surface area contributed by atoms with Gasteiger partial charge in [-0.15, -0.1) is 0 Å². The third kappa shape index (κ3) is 4.95. The second-order valence-corrected chi connectivity index (χ2v) is 5.67. The van der Waals surface area contributed by atoms with Gasteiger partial charge in [0.2, 0.25) is 0 Å². The van der Waals surface area contributed by atoms with Crippen LogP contribution in [0.3, 0.4) is 0 Å². The van der Waals surface area contributed by atoms with E-state index in [0.29, 0.717) is 12.2 Å². The quantitative estimate of drug-likeness (QED) is 0.598. The number of carbonyl (C=O) groups is 2. The molecule has 0 radical (unpaired) electrons. The number of benzene rings is 1. The van der Waals surface area contributed by atoms with Gasteiger partial charge in [-0.3, -0.25) is 4.68 Å². The summed E-state index contributed by atoms with van der Waals surface area (Å²) >= 11 is 3.35. The molecule has 8 heteroatoms. The molecular formula is C16H16BrN3O4. The Labute approximate surface area is 147 Å². The Balaban J connectivity index is 2.18. The van der Waals surface area contributed by atoms with E-state index in [0.717, 1.165) is 16.1 Å². The van der Waals surface area contributed by atoms with Crippen LogP contribution in [0, 0.1) is 0 Å². The summed E-state index contributed by atoms with van der Waals surface area (Å²) in [6.45, 7) is 0.565. The lowest BCUT2D eigenvalue weighted by Gasteiger charge is -2.10. The van der Waals surface area contributed by atoms with Gasteiger partial charge < -0.3 is 14.8 Å². The van der Waals surface area contributed by atoms with Gasteiger partial charge in [0.15, 0.2) is 0 Å². The SMILES string of the molecule is COC(=O)/C=C(/Nc1cccc(Cn2cc(Br)cn2)c1)C(=O)OC. The normalized spacial score (nSPS) is 11.0. The zero-order chi connectivity index (χ0) is 17.5. The Kier molecular flexibility index (Phi) is 6.14. The average Bonchev–Trinajstić information content (AvgIpc) is 2.98. The first kappa shape index (κ1) is 17.7. The fraction of sp³-hybridized carbons (Fsp3) is 0.188. The third-order valence-corrected chi connectivity index (χ3v) is 3.43. The molecule has 24 heavy (non-hydrogen) atoms. The molecule has 1 aromatic carbocycles. The summed E-state index contributed by atoms with van der Waals surface area (Å²) in [4.78, 5) is 23.1. The second-order valence-electron chi connectivity index (χ2n) is 4.75. The number of nitrogens with zero attached hydrogens (tertiary/aromatic N) is 2. The fourth-order valence-corrected chi connectivity index (χ4v) is 2.28. The third-order valence-electron chi connectivity index (χ3n) is 3.02. The van der Waals surface area contributed by atoms with E-state index < -0.39 is 11.9 Å². The minimum absolute atomic E-state index is 0.0108. The van der Waals surface area contributed by atoms with Crippen LogP contribution in [0.4, 0.5) is 5.69 Å². The van der Waals surface area contributed by atoms with Gasteiger partial charge in [-0.1, -0.05) is 12.1 Å². The fourth-order valence-electron chi connectivity index (χ4n) is 1.95. The largest absolute Gasteiger partial charge is 0.466 e. The Morgan fingerprint density at radius 3 is 2.75 bits per heavy atom. The van der Waals surface area contributed by atoms with E-state index in [4.69, 9.17) is 0 Å². The van der Waals surface area contributed by atoms with Crippen molar-refractivity contribution >= 4 is 33.6 Å². The van der Waals surface area contributed by atoms with Crippen LogP contribution in [0.25, 0.3) is 0 Å². The zero-order valence-corrected chi connectivity index (χ0v) is 14.7. The van der Waals surface area contributed by atoms with Crippen LogP contribution in [-0.2, 0) is 25.6 Å². The summed E-state index contributed by atoms with van der Waals surface area (Å²) in [5.41, 5.74) is 1.60. The van der Waals surface area contributed by atoms with Crippen LogP contribution in [0.2, 0.25) is 0 Å². The lowest BCUT2D eigenvalue weighted by atomic mass is 10.2. The zero-order valence-electron chi connectivity index (χ0n) is 13.2. The van der Waals surface area contributed by atoms with Gasteiger partial charge in [0.05, 0.1) is 37.5 Å². The summed E-state index contributed by atoms with van der Waals surface area (Å²) in [7, 11) is 2.47. The van der Waals surface area contributed by atoms with E-state index in [1.165, 1.54) is 14.2 Å². The Bertz CT molecular complexity index is 770. The van der Waals surface area contributed by atoms with Crippen LogP contribution in [0.1, 0.15) is 5.56 Å². The molecule has 0 spiro atoms. The summed E-state index contributed by atoms with van der Waals surface area (Å²) in [6.07, 6.45) is 4.61. The van der Waals surface area contributed by atoms with Gasteiger partial charge in [0, 0.05) is 11.9 Å². The predicted octanol–water partition coefficient (Wildman–Crippen LogP) is 2.34. The number of hydrogen-bond acceptors (Lipinski definition) is 6. The van der Waals surface area contributed by atoms with E-state index >= 15 is 0 Å². The number of aromatic nitrogens is 2. The lowest BCUT2D eigenvalue weighted by molar-refractivity contribution is -0.138. The van der Waals surface area contributed by atoms with Crippen molar-refractivity contribution in [1.82, 2.24) is 9.78 Å². The lowest BCUT2D eigenvalue weighted by Crippen LogP contribution is -2.15. The van der Waals surface area contributed by atoms with Crippen molar-refractivity contribution in [3.8, 4) is 0 Å². The van der Waals surface area contributed by atoms with E-state index in [9.17, 15) is 9.59 Å². The number of nitrogens with one attached hydrogen (secondary N) is 1. The van der Waals surface area contributed by atoms with Crippen LogP contribution in [0.15, 0.2) is 52.9 Å². The minimum Gasteiger partial charge on any atom is -0.466 e. The molecule has 0 saturated carbocycles. The monoisotopic (exact) mass is 393 g/mol. The smallest absolute Gasteiger partial charge is 0.354 e. The van der Waals surface area contributed by atoms with Crippen molar-refractivity contribution in [2.75, 3.05) is 19.5 Å². The highest BCUT2D eigenvalue weighted by atomic mass is 79.9. The molecule has 0 aliphatic rings. The first-order valence-corrected chi connectivity index (χ1v) is 7.73. The number of rotatable bonds is 6. The van der Waals surface area contributed by atoms with Gasteiger partial charge in [0.25, 0.3) is 0 Å². The first-order valence-electron chi connectivity index (χ1n) is 6.93. The van der Waals surface area contributed by atoms with E-state index in [1.807, 2.05) is 24.4 Å². The molecule has 0 fully saturated rings. The molecule has 0 unspecified atom stereocenters. The molecule has 1 N–H and O–H groups in total. The number of hydrogen-bond donors (Lipinski definition) is 1. The van der Waals surface area contributed by atoms with Crippen LogP contribution < -0.4 is 5.32 Å². The number of esters is 2. The topological polar surface area (TPSA) is 82.5 Å². The number of ether oxygens (including phenoxy) is 2. The molecule has 0 saturated heterocycles. The van der Waals surface area contributed by atoms with E-state index in [1.54, 1.807) is 16.9 Å². The molecule has 2 rings (SSSR count). The first-order chi connectivity index (χ1) is 11.5.